The minimum atomic E-state index is -2.45. The highest BCUT2D eigenvalue weighted by molar-refractivity contribution is 8.00. The molecule has 8 aliphatic rings. The molecule has 0 atom stereocenters. The van der Waals surface area contributed by atoms with Gasteiger partial charge in [0, 0.05) is 51.6 Å². The lowest BCUT2D eigenvalue weighted by atomic mass is 10.1. The number of hydrogen-bond donors (Lipinski definition) is 6. The number of aliphatic carboxylic acids is 1. The van der Waals surface area contributed by atoms with Gasteiger partial charge in [-0.3, -0.25) is 19.2 Å². The van der Waals surface area contributed by atoms with E-state index in [-0.39, 0.29) is 107 Å². The number of ketones is 2. The maximum absolute atomic E-state index is 12.7. The Bertz CT molecular complexity index is 5680. The number of anilines is 1. The van der Waals surface area contributed by atoms with Crippen molar-refractivity contribution in [2.24, 2.45) is 32.5 Å². The van der Waals surface area contributed by atoms with Crippen LogP contribution in [0.1, 0.15) is 195 Å². The van der Waals surface area contributed by atoms with Gasteiger partial charge in [0.2, 0.25) is 10.3 Å². The maximum atomic E-state index is 12.7. The van der Waals surface area contributed by atoms with Gasteiger partial charge in [-0.05, 0) is 253 Å². The van der Waals surface area contributed by atoms with Crippen LogP contribution in [0, 0.1) is 80.4 Å². The number of aromatic nitrogens is 8. The molecule has 0 aliphatic heterocycles. The summed E-state index contributed by atoms with van der Waals surface area (Å²) in [5.74, 6) is 21.3. The summed E-state index contributed by atoms with van der Waals surface area (Å²) in [5.41, 5.74) is 12.2. The number of aliphatic hydroxyl groups excluding tert-OH is 4. The molecule has 8 saturated carbocycles. The zero-order valence-electron chi connectivity index (χ0n) is 72.1. The fraction of sp³-hybridized carbons (Fsp3) is 0.418. The maximum Gasteiger partial charge on any atom is 0.373 e. The Hall–Kier alpha value is -9.45. The number of carbonyl (C=O) groups excluding carboxylic acids is 5. The molecule has 2 heterocycles. The van der Waals surface area contributed by atoms with E-state index in [0.29, 0.717) is 102 Å². The standard InChI is InChI=1S/C25H20Cl2N4O3S.C25H22Cl2N4O2S.C21H28O2Si.C12H12ClNO.C8H14O2.C6H8O.CO2/c26-20-11-15(7-8-25(9-10-25)23(33)34)1-2-18(20)12-19(32)14-35-24-28-29-30-31(24)22-6-5-17(13-21(22)27)16-3-4-16;26-21-11-16(7-8-25(15-32)9-10-25)1-2-19(21)12-20(33)14-34-24-28-29-30-31(24)23-6-5-18(13-22(23)27)17-3-4-17;1-20(2,3)24(18-10-6-4-7-11-18,19-12-8-5-9-13-19)23-17-21(16-22)14-15-21;13-10-7-9(1-2-11(10)14)3-4-12(8-15)5-6-12;1-3-8(5-6-8)7(9)10-4-2;1-2-6(5-7)3-4-6;2-1-3/h1-2,5-6,11,13,16H,3-4,9-10,12,14H2,(H,33,34);1-2,5-6,11,13,17,32H,3-4,9-10,12,14-15H2;4-13,22H,14-17H2,1-3H3;1-2,7,15H,5-6,8,14H2;3-6H2,1-2H3;1,7H,3-5H2;. The molecule has 0 unspecified atom stereocenters. The van der Waals surface area contributed by atoms with E-state index in [1.165, 1.54) is 70.7 Å². The highest BCUT2D eigenvalue weighted by Crippen LogP contribution is 2.52. The van der Waals surface area contributed by atoms with Crippen molar-refractivity contribution in [3.05, 3.63) is 216 Å². The predicted molar refractivity (Wildman–Crippen MR) is 501 cm³/mol. The van der Waals surface area contributed by atoms with Crippen molar-refractivity contribution in [1.82, 2.24) is 40.4 Å². The van der Waals surface area contributed by atoms with Crippen molar-refractivity contribution < 1.29 is 63.5 Å². The molecule has 30 heteroatoms. The summed E-state index contributed by atoms with van der Waals surface area (Å²) in [5, 5.41) is 75.9. The minimum Gasteiger partial charge on any atom is -0.480 e. The molecule has 17 rings (SSSR count). The fourth-order valence-corrected chi connectivity index (χ4v) is 21.2. The van der Waals surface area contributed by atoms with Crippen LogP contribution in [0.15, 0.2) is 162 Å². The first-order chi connectivity index (χ1) is 61.4. The van der Waals surface area contributed by atoms with Crippen molar-refractivity contribution in [3.8, 4) is 59.2 Å². The topological polar surface area (TPSA) is 335 Å². The van der Waals surface area contributed by atoms with Gasteiger partial charge in [-0.2, -0.15) is 19.0 Å². The van der Waals surface area contributed by atoms with Crippen LogP contribution in [0.2, 0.25) is 30.2 Å². The van der Waals surface area contributed by atoms with E-state index in [9.17, 15) is 34.5 Å². The molecule has 0 bridgehead atoms. The molecule has 670 valence electrons. The Morgan fingerprint density at radius 1 is 0.539 bits per heavy atom. The van der Waals surface area contributed by atoms with E-state index in [4.69, 9.17) is 99.1 Å². The van der Waals surface area contributed by atoms with E-state index in [0.717, 1.165) is 87.3 Å². The number of terminal acetylenes is 1. The molecule has 2 aromatic heterocycles. The van der Waals surface area contributed by atoms with Gasteiger partial charge in [0.25, 0.3) is 8.32 Å². The molecule has 8 fully saturated rings. The number of tetrazole rings is 2. The van der Waals surface area contributed by atoms with Crippen LogP contribution < -0.4 is 16.1 Å². The number of carboxylic acid groups (broad SMARTS) is 1. The molecular formula is C98H104Cl5N9O13S2Si. The third-order valence-corrected chi connectivity index (χ3v) is 32.4. The third kappa shape index (κ3) is 26.9. The number of halogens is 5. The lowest BCUT2D eigenvalue weighted by Gasteiger charge is -2.43. The Morgan fingerprint density at radius 2 is 0.961 bits per heavy atom. The highest BCUT2D eigenvalue weighted by Gasteiger charge is 2.54. The second-order valence-electron chi connectivity index (χ2n) is 34.7. The Kier molecular flexibility index (Phi) is 34.4. The number of nitrogens with two attached hydrogens (primary N) is 1. The molecule has 0 amide bonds. The Labute approximate surface area is 781 Å². The van der Waals surface area contributed by atoms with E-state index in [1.54, 1.807) is 45.8 Å². The number of aliphatic hydroxyl groups is 4. The van der Waals surface area contributed by atoms with Crippen molar-refractivity contribution >= 4 is 136 Å². The largest absolute Gasteiger partial charge is 0.480 e. The van der Waals surface area contributed by atoms with Crippen LogP contribution >= 0.6 is 81.5 Å². The summed E-state index contributed by atoms with van der Waals surface area (Å²) in [6.07, 6.45) is 22.6. The van der Waals surface area contributed by atoms with Gasteiger partial charge >= 0.3 is 18.1 Å². The van der Waals surface area contributed by atoms with Crippen LogP contribution in [0.25, 0.3) is 11.4 Å². The first-order valence-corrected chi connectivity index (χ1v) is 48.4. The summed E-state index contributed by atoms with van der Waals surface area (Å²) in [6.45, 7) is 12.6. The van der Waals surface area contributed by atoms with Gasteiger partial charge in [-0.1, -0.05) is 236 Å². The normalized spacial score (nSPS) is 16.6. The number of rotatable bonds is 27. The number of carbonyl (C=O) groups is 4. The summed E-state index contributed by atoms with van der Waals surface area (Å²) >= 11 is 34.1. The van der Waals surface area contributed by atoms with Crippen LogP contribution in [-0.2, 0) is 50.8 Å². The molecule has 9 aromatic rings. The number of nitrogens with zero attached hydrogens (tertiary/aromatic N) is 8. The lowest BCUT2D eigenvalue weighted by Crippen LogP contribution is -2.67. The van der Waals surface area contributed by atoms with Crippen LogP contribution in [-0.4, -0.2) is 155 Å². The minimum absolute atomic E-state index is 0.00123. The Balaban J connectivity index is 0.000000158. The number of thioether (sulfide) groups is 2. The number of carboxylic acids is 1. The molecule has 7 aromatic carbocycles. The van der Waals surface area contributed by atoms with Crippen molar-refractivity contribution in [2.75, 3.05) is 56.9 Å². The third-order valence-electron chi connectivity index (χ3n) is 23.9. The van der Waals surface area contributed by atoms with Gasteiger partial charge in [-0.15, -0.1) is 16.6 Å². The molecular weight excluding hydrogens is 1780 g/mol. The van der Waals surface area contributed by atoms with Gasteiger partial charge in [0.05, 0.1) is 98.3 Å². The number of ether oxygens (including phenoxy) is 1. The summed E-state index contributed by atoms with van der Waals surface area (Å²) in [6, 6.07) is 49.2. The first-order valence-electron chi connectivity index (χ1n) is 42.6. The lowest BCUT2D eigenvalue weighted by molar-refractivity contribution is -0.191. The SMILES string of the molecule is C#CC1(CO)CC1.CC(C)(C)[Si](OCC1(CO)CC1)(c1ccccc1)c1ccccc1.CCOC(=O)C1(CC)CC1.Nc1ccc(C#CC2(CO)CC2)cc1Cl.O=C(CSc1nnnn1-c1ccc(C2CC2)cc1Cl)Cc1ccc(C#CC2(C(=O)O)CC2)cc1Cl.O=C(CSc1nnnn1-c1ccc(C2CC2)cc1Cl)Cc1ccc(C#CC2(CO)CC2)cc1Cl.O=C=O. The average Bonchev–Trinajstić information content (AvgIpc) is 1.73. The smallest absolute Gasteiger partial charge is 0.373 e. The number of Topliss-reactive ketones (excluding diaryl/α,β-unsaturated/α-hetero) is 2. The summed E-state index contributed by atoms with van der Waals surface area (Å²) < 4.78 is 14.9. The zero-order valence-corrected chi connectivity index (χ0v) is 78.5. The van der Waals surface area contributed by atoms with Crippen molar-refractivity contribution in [1.29, 1.82) is 0 Å². The van der Waals surface area contributed by atoms with E-state index >= 15 is 0 Å². The van der Waals surface area contributed by atoms with Gasteiger partial charge in [0.15, 0.2) is 0 Å². The molecule has 0 spiro atoms. The van der Waals surface area contributed by atoms with Crippen LogP contribution in [0.4, 0.5) is 5.69 Å². The number of esters is 1. The van der Waals surface area contributed by atoms with Crippen molar-refractivity contribution in [3.63, 3.8) is 0 Å². The predicted octanol–water partition coefficient (Wildman–Crippen LogP) is 16.8. The summed E-state index contributed by atoms with van der Waals surface area (Å²) in [7, 11) is -2.45. The Morgan fingerprint density at radius 3 is 1.28 bits per heavy atom. The first kappa shape index (κ1) is 99.1. The molecule has 8 aliphatic carbocycles. The molecule has 128 heavy (non-hydrogen) atoms. The van der Waals surface area contributed by atoms with E-state index in [1.807, 2.05) is 62.4 Å². The second-order valence-corrected chi connectivity index (χ2v) is 42.9. The summed E-state index contributed by atoms with van der Waals surface area (Å²) in [4.78, 5) is 64.0. The molecule has 0 radical (unpaired) electrons. The van der Waals surface area contributed by atoms with Gasteiger partial charge < -0.3 is 40.4 Å². The number of nitrogen functional groups attached to an aromatic ring is 1. The average molecular weight is 1890 g/mol. The van der Waals surface area contributed by atoms with Crippen molar-refractivity contribution in [2.45, 2.75) is 184 Å². The molecule has 22 nitrogen and oxygen atoms in total. The molecule has 7 N–H and O–H groups in total. The van der Waals surface area contributed by atoms with Gasteiger partial charge in [-0.25, -0.2) is 0 Å². The zero-order chi connectivity index (χ0) is 92.1. The van der Waals surface area contributed by atoms with Crippen LogP contribution in [0.5, 0.6) is 0 Å². The van der Waals surface area contributed by atoms with Gasteiger partial charge in [0.1, 0.15) is 17.0 Å². The highest BCUT2D eigenvalue weighted by atomic mass is 35.5. The number of hydrogen-bond acceptors (Lipinski definition) is 21. The monoisotopic (exact) mass is 1880 g/mol. The number of benzene rings is 7. The van der Waals surface area contributed by atoms with E-state index in [2.05, 4.69) is 160 Å². The quantitative estimate of drug-likeness (QED) is 0.00915. The van der Waals surface area contributed by atoms with E-state index < -0.39 is 19.7 Å². The second kappa shape index (κ2) is 44.4. The molecule has 0 saturated heterocycles. The van der Waals surface area contributed by atoms with Crippen LogP contribution in [0.3, 0.4) is 0 Å². The fourth-order valence-electron chi connectivity index (χ4n) is 13.8.